The minimum absolute atomic E-state index is 0.107. The van der Waals surface area contributed by atoms with Crippen LogP contribution in [-0.4, -0.2) is 40.6 Å². The highest BCUT2D eigenvalue weighted by Gasteiger charge is 2.36. The normalized spacial score (nSPS) is 21.2. The van der Waals surface area contributed by atoms with Crippen molar-refractivity contribution in [1.29, 1.82) is 0 Å². The molecule has 0 spiro atoms. The molecule has 1 N–H and O–H groups in total. The van der Waals surface area contributed by atoms with Gasteiger partial charge in [0.15, 0.2) is 6.10 Å². The number of amides is 1. The molecule has 5 heteroatoms. The summed E-state index contributed by atoms with van der Waals surface area (Å²) in [6, 6.07) is 9.77. The average molecular weight is 291 g/mol. The number of hydrogen-bond acceptors (Lipinski definition) is 3. The van der Waals surface area contributed by atoms with Crippen molar-refractivity contribution in [2.45, 2.75) is 44.9 Å². The van der Waals surface area contributed by atoms with Crippen molar-refractivity contribution in [2.24, 2.45) is 0 Å². The number of ether oxygens (including phenoxy) is 1. The third-order valence-electron chi connectivity index (χ3n) is 3.59. The summed E-state index contributed by atoms with van der Waals surface area (Å²) >= 11 is 0. The van der Waals surface area contributed by atoms with E-state index in [1.54, 1.807) is 4.90 Å². The molecule has 1 saturated heterocycles. The van der Waals surface area contributed by atoms with Gasteiger partial charge < -0.3 is 14.7 Å². The number of carboxylic acid groups (broad SMARTS) is 1. The summed E-state index contributed by atoms with van der Waals surface area (Å²) in [6.07, 6.45) is 0.260. The first-order valence-corrected chi connectivity index (χ1v) is 7.32. The molecule has 1 fully saturated rings. The SMILES string of the molecule is CCCN(Cc1ccccc1)C(=O)C1CCC(C(=O)O)O1. The van der Waals surface area contributed by atoms with Gasteiger partial charge in [-0.2, -0.15) is 0 Å². The second-order valence-corrected chi connectivity index (χ2v) is 5.27. The van der Waals surface area contributed by atoms with Gasteiger partial charge in [0.25, 0.3) is 5.91 Å². The van der Waals surface area contributed by atoms with Gasteiger partial charge in [0.1, 0.15) is 6.10 Å². The van der Waals surface area contributed by atoms with Crippen molar-refractivity contribution in [3.05, 3.63) is 35.9 Å². The molecule has 2 atom stereocenters. The van der Waals surface area contributed by atoms with Gasteiger partial charge in [0, 0.05) is 13.1 Å². The Labute approximate surface area is 124 Å². The van der Waals surface area contributed by atoms with E-state index in [9.17, 15) is 9.59 Å². The van der Waals surface area contributed by atoms with Crippen LogP contribution in [0, 0.1) is 0 Å². The molecule has 1 aromatic rings. The molecule has 0 bridgehead atoms. The Hall–Kier alpha value is -1.88. The summed E-state index contributed by atoms with van der Waals surface area (Å²) < 4.78 is 5.36. The van der Waals surface area contributed by atoms with Gasteiger partial charge in [-0.25, -0.2) is 4.79 Å². The molecule has 0 saturated carbocycles. The van der Waals surface area contributed by atoms with E-state index in [1.165, 1.54) is 0 Å². The lowest BCUT2D eigenvalue weighted by Crippen LogP contribution is -2.39. The van der Waals surface area contributed by atoms with E-state index in [1.807, 2.05) is 37.3 Å². The molecule has 5 nitrogen and oxygen atoms in total. The monoisotopic (exact) mass is 291 g/mol. The lowest BCUT2D eigenvalue weighted by Gasteiger charge is -2.25. The van der Waals surface area contributed by atoms with Gasteiger partial charge in [-0.15, -0.1) is 0 Å². The predicted molar refractivity (Wildman–Crippen MR) is 77.7 cm³/mol. The van der Waals surface area contributed by atoms with E-state index in [0.29, 0.717) is 25.9 Å². The standard InChI is InChI=1S/C16H21NO4/c1-2-10-17(11-12-6-4-3-5-7-12)15(18)13-8-9-14(21-13)16(19)20/h3-7,13-14H,2,8-11H2,1H3,(H,19,20). The van der Waals surface area contributed by atoms with Crippen LogP contribution in [0.4, 0.5) is 0 Å². The van der Waals surface area contributed by atoms with E-state index < -0.39 is 18.2 Å². The number of carboxylic acids is 1. The molecule has 1 heterocycles. The van der Waals surface area contributed by atoms with Crippen molar-refractivity contribution in [2.75, 3.05) is 6.54 Å². The third kappa shape index (κ3) is 4.04. The molecular formula is C16H21NO4. The molecule has 0 radical (unpaired) electrons. The van der Waals surface area contributed by atoms with E-state index in [4.69, 9.17) is 9.84 Å². The Bertz CT molecular complexity index is 488. The number of hydrogen-bond donors (Lipinski definition) is 1. The summed E-state index contributed by atoms with van der Waals surface area (Å²) in [6.45, 7) is 3.19. The zero-order valence-corrected chi connectivity index (χ0v) is 12.2. The van der Waals surface area contributed by atoms with Gasteiger partial charge >= 0.3 is 5.97 Å². The van der Waals surface area contributed by atoms with E-state index in [2.05, 4.69) is 0 Å². The highest BCUT2D eigenvalue weighted by Crippen LogP contribution is 2.22. The van der Waals surface area contributed by atoms with Crippen molar-refractivity contribution in [3.8, 4) is 0 Å². The Kier molecular flexibility index (Phi) is 5.33. The summed E-state index contributed by atoms with van der Waals surface area (Å²) in [5.41, 5.74) is 1.06. The number of nitrogens with zero attached hydrogens (tertiary/aromatic N) is 1. The molecule has 2 rings (SSSR count). The Morgan fingerprint density at radius 2 is 1.90 bits per heavy atom. The Morgan fingerprint density at radius 1 is 1.24 bits per heavy atom. The molecule has 21 heavy (non-hydrogen) atoms. The second kappa shape index (κ2) is 7.22. The average Bonchev–Trinajstić information content (AvgIpc) is 2.97. The Morgan fingerprint density at radius 3 is 2.48 bits per heavy atom. The first kappa shape index (κ1) is 15.5. The van der Waals surface area contributed by atoms with E-state index in [0.717, 1.165) is 12.0 Å². The maximum absolute atomic E-state index is 12.5. The van der Waals surface area contributed by atoms with E-state index >= 15 is 0 Å². The largest absolute Gasteiger partial charge is 0.479 e. The fourth-order valence-electron chi connectivity index (χ4n) is 2.55. The van der Waals surface area contributed by atoms with Crippen LogP contribution in [0.3, 0.4) is 0 Å². The van der Waals surface area contributed by atoms with E-state index in [-0.39, 0.29) is 5.91 Å². The minimum Gasteiger partial charge on any atom is -0.479 e. The van der Waals surface area contributed by atoms with Crippen LogP contribution < -0.4 is 0 Å². The molecule has 1 aliphatic heterocycles. The Balaban J connectivity index is 2.01. The number of benzene rings is 1. The van der Waals surface area contributed by atoms with Crippen LogP contribution in [0.5, 0.6) is 0 Å². The summed E-state index contributed by atoms with van der Waals surface area (Å²) in [5, 5.41) is 8.94. The maximum Gasteiger partial charge on any atom is 0.332 e. The van der Waals surface area contributed by atoms with Gasteiger partial charge in [0.05, 0.1) is 0 Å². The zero-order chi connectivity index (χ0) is 15.2. The van der Waals surface area contributed by atoms with Crippen LogP contribution in [0.2, 0.25) is 0 Å². The summed E-state index contributed by atoms with van der Waals surface area (Å²) in [5.74, 6) is -1.10. The quantitative estimate of drug-likeness (QED) is 0.871. The molecule has 1 aliphatic rings. The first-order chi connectivity index (χ1) is 10.1. The highest BCUT2D eigenvalue weighted by atomic mass is 16.5. The fourth-order valence-corrected chi connectivity index (χ4v) is 2.55. The fraction of sp³-hybridized carbons (Fsp3) is 0.500. The topological polar surface area (TPSA) is 66.8 Å². The molecule has 2 unspecified atom stereocenters. The maximum atomic E-state index is 12.5. The summed E-state index contributed by atoms with van der Waals surface area (Å²) in [4.78, 5) is 25.2. The minimum atomic E-state index is -0.990. The van der Waals surface area contributed by atoms with Crippen LogP contribution >= 0.6 is 0 Å². The number of rotatable bonds is 6. The molecule has 1 amide bonds. The molecular weight excluding hydrogens is 270 g/mol. The smallest absolute Gasteiger partial charge is 0.332 e. The zero-order valence-electron chi connectivity index (χ0n) is 12.2. The second-order valence-electron chi connectivity index (χ2n) is 5.27. The van der Waals surface area contributed by atoms with Crippen LogP contribution in [0.1, 0.15) is 31.7 Å². The van der Waals surface area contributed by atoms with Crippen molar-refractivity contribution in [3.63, 3.8) is 0 Å². The molecule has 0 aliphatic carbocycles. The summed E-state index contributed by atoms with van der Waals surface area (Å²) in [7, 11) is 0. The van der Waals surface area contributed by atoms with Crippen molar-refractivity contribution >= 4 is 11.9 Å². The molecule has 0 aromatic heterocycles. The lowest BCUT2D eigenvalue weighted by molar-refractivity contribution is -0.155. The van der Waals surface area contributed by atoms with Gasteiger partial charge in [-0.3, -0.25) is 4.79 Å². The number of carbonyl (C=O) groups excluding carboxylic acids is 1. The lowest BCUT2D eigenvalue weighted by atomic mass is 10.1. The first-order valence-electron chi connectivity index (χ1n) is 7.32. The van der Waals surface area contributed by atoms with Crippen LogP contribution in [-0.2, 0) is 20.9 Å². The van der Waals surface area contributed by atoms with Gasteiger partial charge in [-0.1, -0.05) is 37.3 Å². The third-order valence-corrected chi connectivity index (χ3v) is 3.59. The van der Waals surface area contributed by atoms with Crippen LogP contribution in [0.25, 0.3) is 0 Å². The molecule has 114 valence electrons. The van der Waals surface area contributed by atoms with Gasteiger partial charge in [0.2, 0.25) is 0 Å². The van der Waals surface area contributed by atoms with Crippen molar-refractivity contribution < 1.29 is 19.4 Å². The number of aliphatic carboxylic acids is 1. The molecule has 1 aromatic carbocycles. The van der Waals surface area contributed by atoms with Crippen molar-refractivity contribution in [1.82, 2.24) is 4.90 Å². The number of carbonyl (C=O) groups is 2. The van der Waals surface area contributed by atoms with Gasteiger partial charge in [-0.05, 0) is 24.8 Å². The van der Waals surface area contributed by atoms with Crippen LogP contribution in [0.15, 0.2) is 30.3 Å². The highest BCUT2D eigenvalue weighted by molar-refractivity contribution is 5.82. The predicted octanol–water partition coefficient (Wildman–Crippen LogP) is 2.06.